The van der Waals surface area contributed by atoms with Gasteiger partial charge in [-0.1, -0.05) is 6.07 Å². The van der Waals surface area contributed by atoms with E-state index in [4.69, 9.17) is 0 Å². The van der Waals surface area contributed by atoms with Gasteiger partial charge in [0.2, 0.25) is 0 Å². The van der Waals surface area contributed by atoms with Crippen LogP contribution in [0.2, 0.25) is 0 Å². The highest BCUT2D eigenvalue weighted by atomic mass is 32.2. The van der Waals surface area contributed by atoms with E-state index in [-0.39, 0.29) is 4.75 Å². The number of aryl methyl sites for hydroxylation is 1. The first-order valence-corrected chi connectivity index (χ1v) is 9.51. The number of guanidine groups is 1. The van der Waals surface area contributed by atoms with Crippen molar-refractivity contribution in [3.05, 3.63) is 28.8 Å². The van der Waals surface area contributed by atoms with Gasteiger partial charge in [-0.2, -0.15) is 11.8 Å². The number of nitrogens with one attached hydrogen (secondary N) is 2. The van der Waals surface area contributed by atoms with Crippen LogP contribution in [0.15, 0.2) is 17.1 Å². The highest BCUT2D eigenvalue weighted by Crippen LogP contribution is 2.30. The molecule has 1 aliphatic rings. The second-order valence-corrected chi connectivity index (χ2v) is 8.16. The molecule has 0 atom stereocenters. The molecule has 23 heavy (non-hydrogen) atoms. The molecule has 0 unspecified atom stereocenters. The fourth-order valence-corrected chi connectivity index (χ4v) is 3.07. The third kappa shape index (κ3) is 4.80. The first kappa shape index (κ1) is 18.0. The zero-order valence-electron chi connectivity index (χ0n) is 14.7. The molecular weight excluding hydrogens is 306 g/mol. The van der Waals surface area contributed by atoms with E-state index in [0.29, 0.717) is 12.3 Å². The minimum absolute atomic E-state index is 0.158. The molecule has 0 spiro atoms. The molecule has 0 saturated carbocycles. The molecule has 3 N–H and O–H groups in total. The highest BCUT2D eigenvalue weighted by Gasteiger charge is 2.18. The SMILES string of the molecule is CN=C(NCc1c(O)ccc2c1CCCC2)NCC(C)(C)SC. The van der Waals surface area contributed by atoms with Crippen LogP contribution in [0.3, 0.4) is 0 Å². The Hall–Kier alpha value is -1.36. The lowest BCUT2D eigenvalue weighted by atomic mass is 9.88. The number of fused-ring (bicyclic) bond motifs is 1. The van der Waals surface area contributed by atoms with Gasteiger partial charge < -0.3 is 15.7 Å². The van der Waals surface area contributed by atoms with Crippen LogP contribution in [-0.4, -0.2) is 35.7 Å². The monoisotopic (exact) mass is 335 g/mol. The van der Waals surface area contributed by atoms with Crippen LogP contribution >= 0.6 is 11.8 Å². The fourth-order valence-electron chi connectivity index (χ4n) is 2.85. The predicted molar refractivity (Wildman–Crippen MR) is 101 cm³/mol. The fraction of sp³-hybridized carbons (Fsp3) is 0.611. The standard InChI is InChI=1S/C18H29N3OS/c1-18(2,23-4)12-21-17(19-3)20-11-15-14-8-6-5-7-13(14)9-10-16(15)22/h9-10,22H,5-8,11-12H2,1-4H3,(H2,19,20,21). The molecule has 128 valence electrons. The Morgan fingerprint density at radius 2 is 2.00 bits per heavy atom. The maximum atomic E-state index is 10.2. The Balaban J connectivity index is 2.02. The number of benzene rings is 1. The topological polar surface area (TPSA) is 56.7 Å². The Morgan fingerprint density at radius 1 is 1.26 bits per heavy atom. The average Bonchev–Trinajstić information content (AvgIpc) is 2.56. The van der Waals surface area contributed by atoms with Crippen LogP contribution in [0.25, 0.3) is 0 Å². The van der Waals surface area contributed by atoms with Crippen molar-refractivity contribution in [2.45, 2.75) is 50.8 Å². The van der Waals surface area contributed by atoms with Gasteiger partial charge in [0.05, 0.1) is 0 Å². The molecule has 0 heterocycles. The van der Waals surface area contributed by atoms with E-state index in [2.05, 4.69) is 41.8 Å². The summed E-state index contributed by atoms with van der Waals surface area (Å²) < 4.78 is 0.158. The molecule has 1 aromatic rings. The Bertz CT molecular complexity index is 570. The number of hydrogen-bond donors (Lipinski definition) is 3. The summed E-state index contributed by atoms with van der Waals surface area (Å²) in [7, 11) is 1.78. The number of aliphatic imine (C=N–C) groups is 1. The summed E-state index contributed by atoms with van der Waals surface area (Å²) in [5.41, 5.74) is 3.73. The molecule has 0 bridgehead atoms. The zero-order chi connectivity index (χ0) is 16.9. The van der Waals surface area contributed by atoms with E-state index < -0.39 is 0 Å². The molecule has 0 aliphatic heterocycles. The van der Waals surface area contributed by atoms with E-state index in [0.717, 1.165) is 30.9 Å². The smallest absolute Gasteiger partial charge is 0.191 e. The Kier molecular flexibility index (Phi) is 6.22. The number of phenols is 1. The molecule has 2 rings (SSSR count). The number of nitrogens with zero attached hydrogens (tertiary/aromatic N) is 1. The van der Waals surface area contributed by atoms with Gasteiger partial charge in [-0.3, -0.25) is 4.99 Å². The summed E-state index contributed by atoms with van der Waals surface area (Å²) in [6, 6.07) is 3.90. The van der Waals surface area contributed by atoms with Gasteiger partial charge in [0, 0.05) is 30.4 Å². The first-order valence-electron chi connectivity index (χ1n) is 8.29. The van der Waals surface area contributed by atoms with E-state index in [9.17, 15) is 5.11 Å². The second kappa shape index (κ2) is 7.95. The van der Waals surface area contributed by atoms with Gasteiger partial charge in [0.25, 0.3) is 0 Å². The maximum absolute atomic E-state index is 10.2. The van der Waals surface area contributed by atoms with Crippen molar-refractivity contribution in [1.29, 1.82) is 0 Å². The van der Waals surface area contributed by atoms with E-state index in [1.807, 2.05) is 17.8 Å². The summed E-state index contributed by atoms with van der Waals surface area (Å²) in [6.07, 6.45) is 6.76. The van der Waals surface area contributed by atoms with Gasteiger partial charge in [-0.05, 0) is 63.0 Å². The number of phenolic OH excluding ortho intramolecular Hbond substituents is 1. The molecule has 0 amide bonds. The third-order valence-electron chi connectivity index (χ3n) is 4.52. The lowest BCUT2D eigenvalue weighted by molar-refractivity contribution is 0.464. The van der Waals surface area contributed by atoms with Crippen molar-refractivity contribution >= 4 is 17.7 Å². The number of thioether (sulfide) groups is 1. The van der Waals surface area contributed by atoms with Gasteiger partial charge in [-0.15, -0.1) is 0 Å². The highest BCUT2D eigenvalue weighted by molar-refractivity contribution is 7.99. The second-order valence-electron chi connectivity index (χ2n) is 6.65. The lowest BCUT2D eigenvalue weighted by Gasteiger charge is -2.24. The number of rotatable bonds is 5. The largest absolute Gasteiger partial charge is 0.508 e. The number of aromatic hydroxyl groups is 1. The Morgan fingerprint density at radius 3 is 2.70 bits per heavy atom. The molecule has 0 radical (unpaired) electrons. The molecular formula is C18H29N3OS. The Labute approximate surface area is 144 Å². The molecule has 5 heteroatoms. The lowest BCUT2D eigenvalue weighted by Crippen LogP contribution is -2.43. The van der Waals surface area contributed by atoms with Crippen molar-refractivity contribution in [2.24, 2.45) is 4.99 Å². The molecule has 0 fully saturated rings. The molecule has 1 aromatic carbocycles. The van der Waals surface area contributed by atoms with Crippen molar-refractivity contribution in [3.63, 3.8) is 0 Å². The predicted octanol–water partition coefficient (Wildman–Crippen LogP) is 3.08. The summed E-state index contributed by atoms with van der Waals surface area (Å²) in [5, 5.41) is 17.0. The van der Waals surface area contributed by atoms with Crippen molar-refractivity contribution in [3.8, 4) is 5.75 Å². The van der Waals surface area contributed by atoms with E-state index in [1.54, 1.807) is 7.05 Å². The third-order valence-corrected chi connectivity index (χ3v) is 5.77. The summed E-state index contributed by atoms with van der Waals surface area (Å²) in [6.45, 7) is 5.86. The van der Waals surface area contributed by atoms with Gasteiger partial charge in [-0.25, -0.2) is 0 Å². The number of hydrogen-bond acceptors (Lipinski definition) is 3. The first-order chi connectivity index (χ1) is 11.0. The summed E-state index contributed by atoms with van der Waals surface area (Å²) in [5.74, 6) is 1.16. The van der Waals surface area contributed by atoms with Crippen molar-refractivity contribution in [1.82, 2.24) is 10.6 Å². The quantitative estimate of drug-likeness (QED) is 0.572. The zero-order valence-corrected chi connectivity index (χ0v) is 15.5. The van der Waals surface area contributed by atoms with Crippen LogP contribution < -0.4 is 10.6 Å². The summed E-state index contributed by atoms with van der Waals surface area (Å²) >= 11 is 1.83. The average molecular weight is 336 g/mol. The van der Waals surface area contributed by atoms with Gasteiger partial charge in [0.1, 0.15) is 5.75 Å². The van der Waals surface area contributed by atoms with Gasteiger partial charge in [0.15, 0.2) is 5.96 Å². The normalized spacial score (nSPS) is 15.2. The molecule has 4 nitrogen and oxygen atoms in total. The van der Waals surface area contributed by atoms with Crippen LogP contribution in [0.5, 0.6) is 5.75 Å². The van der Waals surface area contributed by atoms with Crippen LogP contribution in [0.1, 0.15) is 43.4 Å². The van der Waals surface area contributed by atoms with E-state index >= 15 is 0 Å². The molecule has 0 saturated heterocycles. The van der Waals surface area contributed by atoms with Crippen LogP contribution in [0.4, 0.5) is 0 Å². The maximum Gasteiger partial charge on any atom is 0.191 e. The van der Waals surface area contributed by atoms with Crippen LogP contribution in [0, 0.1) is 0 Å². The van der Waals surface area contributed by atoms with Crippen molar-refractivity contribution in [2.75, 3.05) is 19.8 Å². The van der Waals surface area contributed by atoms with Gasteiger partial charge >= 0.3 is 0 Å². The van der Waals surface area contributed by atoms with E-state index in [1.165, 1.54) is 24.0 Å². The minimum Gasteiger partial charge on any atom is -0.508 e. The minimum atomic E-state index is 0.158. The molecule has 0 aromatic heterocycles. The summed E-state index contributed by atoms with van der Waals surface area (Å²) in [4.78, 5) is 4.29. The van der Waals surface area contributed by atoms with Crippen LogP contribution in [-0.2, 0) is 19.4 Å². The van der Waals surface area contributed by atoms with Crippen molar-refractivity contribution < 1.29 is 5.11 Å². The molecule has 1 aliphatic carbocycles.